The number of hydrogen-bond donors (Lipinski definition) is 1. The number of rotatable bonds is 4. The average Bonchev–Trinajstić information content (AvgIpc) is 2.14. The van der Waals surface area contributed by atoms with Crippen LogP contribution in [0.15, 0.2) is 24.3 Å². The Labute approximate surface area is 99.8 Å². The third kappa shape index (κ3) is 2.60. The summed E-state index contributed by atoms with van der Waals surface area (Å²) < 4.78 is 0. The first kappa shape index (κ1) is 11.1. The minimum atomic E-state index is 0.636. The molecular formula is C11H15ClN2S. The molecule has 1 saturated heterocycles. The van der Waals surface area contributed by atoms with E-state index in [0.717, 1.165) is 11.6 Å². The van der Waals surface area contributed by atoms with Gasteiger partial charge in [-0.3, -0.25) is 0 Å². The van der Waals surface area contributed by atoms with Crippen LogP contribution < -0.4 is 10.6 Å². The van der Waals surface area contributed by atoms with Crippen molar-refractivity contribution in [2.45, 2.75) is 6.04 Å². The lowest BCUT2D eigenvalue weighted by molar-refractivity contribution is 0.677. The van der Waals surface area contributed by atoms with Gasteiger partial charge >= 0.3 is 0 Å². The molecule has 2 rings (SSSR count). The zero-order valence-corrected chi connectivity index (χ0v) is 10.1. The van der Waals surface area contributed by atoms with Crippen molar-refractivity contribution in [3.05, 3.63) is 29.3 Å². The molecule has 0 aliphatic carbocycles. The van der Waals surface area contributed by atoms with E-state index in [1.54, 1.807) is 0 Å². The van der Waals surface area contributed by atoms with Crippen molar-refractivity contribution in [3.63, 3.8) is 0 Å². The summed E-state index contributed by atoms with van der Waals surface area (Å²) in [4.78, 5) is 2.36. The van der Waals surface area contributed by atoms with Crippen LogP contribution in [0.4, 0.5) is 5.69 Å². The van der Waals surface area contributed by atoms with E-state index in [1.165, 1.54) is 17.2 Å². The molecule has 15 heavy (non-hydrogen) atoms. The lowest BCUT2D eigenvalue weighted by Crippen LogP contribution is -2.46. The van der Waals surface area contributed by atoms with Gasteiger partial charge in [0, 0.05) is 41.3 Å². The highest BCUT2D eigenvalue weighted by atomic mass is 35.5. The molecule has 1 aliphatic heterocycles. The number of hydrogen-bond acceptors (Lipinski definition) is 3. The maximum absolute atomic E-state index is 5.99. The second kappa shape index (κ2) is 5.10. The summed E-state index contributed by atoms with van der Waals surface area (Å²) in [5.74, 6) is 2.40. The highest BCUT2D eigenvalue weighted by Gasteiger charge is 2.25. The van der Waals surface area contributed by atoms with E-state index in [9.17, 15) is 0 Å². The molecule has 0 aromatic heterocycles. The standard InChI is InChI=1S/C11H15ClN2S/c12-9-2-1-3-10(6-9)14(5-4-13)11-7-15-8-11/h1-3,6,11H,4-5,7-8,13H2. The van der Waals surface area contributed by atoms with Gasteiger partial charge in [-0.15, -0.1) is 0 Å². The molecule has 1 aromatic carbocycles. The smallest absolute Gasteiger partial charge is 0.0471 e. The third-order valence-corrected chi connectivity index (χ3v) is 4.05. The molecule has 1 aromatic rings. The van der Waals surface area contributed by atoms with Gasteiger partial charge in [-0.05, 0) is 18.2 Å². The quantitative estimate of drug-likeness (QED) is 0.878. The molecule has 4 heteroatoms. The van der Waals surface area contributed by atoms with E-state index in [0.29, 0.717) is 12.6 Å². The Morgan fingerprint density at radius 1 is 1.47 bits per heavy atom. The summed E-state index contributed by atoms with van der Waals surface area (Å²) in [5.41, 5.74) is 6.83. The minimum absolute atomic E-state index is 0.636. The normalized spacial score (nSPS) is 16.1. The average molecular weight is 243 g/mol. The zero-order chi connectivity index (χ0) is 10.7. The number of nitrogens with zero attached hydrogens (tertiary/aromatic N) is 1. The second-order valence-corrected chi connectivity index (χ2v) is 5.16. The fourth-order valence-corrected chi connectivity index (χ4v) is 2.71. The van der Waals surface area contributed by atoms with Crippen molar-refractivity contribution in [3.8, 4) is 0 Å². The van der Waals surface area contributed by atoms with E-state index in [-0.39, 0.29) is 0 Å². The summed E-state index contributed by atoms with van der Waals surface area (Å²) >= 11 is 7.97. The van der Waals surface area contributed by atoms with Crippen LogP contribution in [0.1, 0.15) is 0 Å². The Morgan fingerprint density at radius 2 is 2.27 bits per heavy atom. The Hall–Kier alpha value is -0.380. The molecule has 1 fully saturated rings. The van der Waals surface area contributed by atoms with Crippen LogP contribution in [-0.4, -0.2) is 30.6 Å². The first-order valence-electron chi connectivity index (χ1n) is 5.11. The number of anilines is 1. The Balaban J connectivity index is 2.15. The maximum Gasteiger partial charge on any atom is 0.0471 e. The Kier molecular flexibility index (Phi) is 3.78. The minimum Gasteiger partial charge on any atom is -0.366 e. The van der Waals surface area contributed by atoms with Crippen LogP contribution >= 0.6 is 23.4 Å². The van der Waals surface area contributed by atoms with Crippen molar-refractivity contribution in [1.82, 2.24) is 0 Å². The van der Waals surface area contributed by atoms with Gasteiger partial charge in [0.2, 0.25) is 0 Å². The van der Waals surface area contributed by atoms with Gasteiger partial charge in [-0.25, -0.2) is 0 Å². The van der Waals surface area contributed by atoms with E-state index in [1.807, 2.05) is 30.0 Å². The highest BCUT2D eigenvalue weighted by Crippen LogP contribution is 2.29. The molecule has 82 valence electrons. The fourth-order valence-electron chi connectivity index (χ4n) is 1.72. The summed E-state index contributed by atoms with van der Waals surface area (Å²) in [6.45, 7) is 1.60. The molecule has 2 N–H and O–H groups in total. The van der Waals surface area contributed by atoms with Crippen molar-refractivity contribution < 1.29 is 0 Å². The van der Waals surface area contributed by atoms with E-state index < -0.39 is 0 Å². The first-order chi connectivity index (χ1) is 7.31. The Bertz CT molecular complexity index is 328. The van der Waals surface area contributed by atoms with Gasteiger partial charge in [-0.2, -0.15) is 11.8 Å². The summed E-state index contributed by atoms with van der Waals surface area (Å²) in [5, 5.41) is 0.793. The monoisotopic (exact) mass is 242 g/mol. The molecule has 0 unspecified atom stereocenters. The predicted octanol–water partition coefficient (Wildman–Crippen LogP) is 2.22. The fraction of sp³-hybridized carbons (Fsp3) is 0.455. The van der Waals surface area contributed by atoms with Gasteiger partial charge in [0.25, 0.3) is 0 Å². The molecular weight excluding hydrogens is 228 g/mol. The molecule has 2 nitrogen and oxygen atoms in total. The zero-order valence-electron chi connectivity index (χ0n) is 8.53. The Morgan fingerprint density at radius 3 is 2.80 bits per heavy atom. The van der Waals surface area contributed by atoms with Crippen LogP contribution in [-0.2, 0) is 0 Å². The number of halogens is 1. The lowest BCUT2D eigenvalue weighted by atomic mass is 10.2. The third-order valence-electron chi connectivity index (χ3n) is 2.57. The van der Waals surface area contributed by atoms with Crippen molar-refractivity contribution in [1.29, 1.82) is 0 Å². The molecule has 1 aliphatic rings. The molecule has 1 heterocycles. The van der Waals surface area contributed by atoms with Crippen LogP contribution in [0.3, 0.4) is 0 Å². The number of nitrogens with two attached hydrogens (primary N) is 1. The molecule has 0 saturated carbocycles. The van der Waals surface area contributed by atoms with Crippen LogP contribution in [0.5, 0.6) is 0 Å². The highest BCUT2D eigenvalue weighted by molar-refractivity contribution is 8.00. The summed E-state index contributed by atoms with van der Waals surface area (Å²) in [7, 11) is 0. The van der Waals surface area contributed by atoms with Gasteiger partial charge in [0.1, 0.15) is 0 Å². The SMILES string of the molecule is NCCN(c1cccc(Cl)c1)C1CSC1. The molecule has 0 radical (unpaired) electrons. The van der Waals surface area contributed by atoms with Crippen molar-refractivity contribution in [2.24, 2.45) is 5.73 Å². The summed E-state index contributed by atoms with van der Waals surface area (Å²) in [6, 6.07) is 8.65. The van der Waals surface area contributed by atoms with Crippen molar-refractivity contribution >= 4 is 29.1 Å². The molecule has 0 amide bonds. The van der Waals surface area contributed by atoms with Gasteiger partial charge in [0.05, 0.1) is 0 Å². The van der Waals surface area contributed by atoms with Gasteiger partial charge < -0.3 is 10.6 Å². The topological polar surface area (TPSA) is 29.3 Å². The second-order valence-electron chi connectivity index (χ2n) is 3.65. The van der Waals surface area contributed by atoms with E-state index in [2.05, 4.69) is 11.0 Å². The molecule has 0 bridgehead atoms. The molecule has 0 atom stereocenters. The van der Waals surface area contributed by atoms with Gasteiger partial charge in [-0.1, -0.05) is 17.7 Å². The number of thioether (sulfide) groups is 1. The van der Waals surface area contributed by atoms with Crippen LogP contribution in [0, 0.1) is 0 Å². The van der Waals surface area contributed by atoms with Gasteiger partial charge in [0.15, 0.2) is 0 Å². The van der Waals surface area contributed by atoms with Crippen LogP contribution in [0.25, 0.3) is 0 Å². The van der Waals surface area contributed by atoms with Crippen molar-refractivity contribution in [2.75, 3.05) is 29.5 Å². The number of benzene rings is 1. The molecule has 0 spiro atoms. The summed E-state index contributed by atoms with van der Waals surface area (Å²) in [6.07, 6.45) is 0. The van der Waals surface area contributed by atoms with E-state index in [4.69, 9.17) is 17.3 Å². The first-order valence-corrected chi connectivity index (χ1v) is 6.64. The maximum atomic E-state index is 5.99. The van der Waals surface area contributed by atoms with E-state index >= 15 is 0 Å². The lowest BCUT2D eigenvalue weighted by Gasteiger charge is -2.38. The largest absolute Gasteiger partial charge is 0.366 e. The predicted molar refractivity (Wildman–Crippen MR) is 69.0 cm³/mol. The van der Waals surface area contributed by atoms with Crippen LogP contribution in [0.2, 0.25) is 5.02 Å².